The molecule has 4 nitrogen and oxygen atoms in total. The van der Waals surface area contributed by atoms with Crippen LogP contribution in [0.4, 0.5) is 5.69 Å². The number of carbonyl (C=O) groups excluding carboxylic acids is 1. The second-order valence-corrected chi connectivity index (χ2v) is 8.14. The molecule has 1 atom stereocenters. The molecule has 0 spiro atoms. The molecule has 132 valence electrons. The van der Waals surface area contributed by atoms with Gasteiger partial charge in [0.2, 0.25) is 3.79 Å². The molecule has 25 heavy (non-hydrogen) atoms. The van der Waals surface area contributed by atoms with Crippen molar-refractivity contribution in [1.29, 1.82) is 0 Å². The Morgan fingerprint density at radius 3 is 2.28 bits per heavy atom. The maximum absolute atomic E-state index is 12.3. The summed E-state index contributed by atoms with van der Waals surface area (Å²) in [7, 11) is 0. The van der Waals surface area contributed by atoms with Gasteiger partial charge in [-0.05, 0) is 42.5 Å². The zero-order valence-corrected chi connectivity index (χ0v) is 16.4. The van der Waals surface area contributed by atoms with Crippen molar-refractivity contribution >= 4 is 75.3 Å². The first kappa shape index (κ1) is 20.1. The summed E-state index contributed by atoms with van der Waals surface area (Å²) < 4.78 is -1.83. The predicted octanol–water partition coefficient (Wildman–Crippen LogP) is 4.75. The van der Waals surface area contributed by atoms with Gasteiger partial charge in [-0.15, -0.1) is 0 Å². The third-order valence-corrected chi connectivity index (χ3v) is 4.11. The van der Waals surface area contributed by atoms with E-state index < -0.39 is 15.9 Å². The summed E-state index contributed by atoms with van der Waals surface area (Å²) >= 11 is 29.0. The Morgan fingerprint density at radius 2 is 1.68 bits per heavy atom. The van der Waals surface area contributed by atoms with E-state index in [0.29, 0.717) is 16.3 Å². The van der Waals surface area contributed by atoms with Gasteiger partial charge in [0, 0.05) is 16.3 Å². The van der Waals surface area contributed by atoms with Crippen molar-refractivity contribution in [3.8, 4) is 0 Å². The van der Waals surface area contributed by atoms with Gasteiger partial charge in [0.25, 0.3) is 5.91 Å². The third kappa shape index (κ3) is 6.53. The van der Waals surface area contributed by atoms with E-state index in [2.05, 4.69) is 16.0 Å². The Bertz CT molecular complexity index is 753. The smallest absolute Gasteiger partial charge is 0.252 e. The lowest BCUT2D eigenvalue weighted by Crippen LogP contribution is -2.56. The SMILES string of the molecule is O=C(N[C@H](NC(=S)Nc1cccc(Cl)c1)C(Cl)(Cl)Cl)c1ccccc1. The van der Waals surface area contributed by atoms with E-state index in [1.807, 2.05) is 0 Å². The van der Waals surface area contributed by atoms with E-state index in [4.69, 9.17) is 58.6 Å². The summed E-state index contributed by atoms with van der Waals surface area (Å²) in [5, 5.41) is 8.99. The molecule has 9 heteroatoms. The Balaban J connectivity index is 2.05. The largest absolute Gasteiger partial charge is 0.339 e. The predicted molar refractivity (Wildman–Crippen MR) is 109 cm³/mol. The fourth-order valence-electron chi connectivity index (χ4n) is 1.87. The molecule has 0 aliphatic rings. The van der Waals surface area contributed by atoms with Crippen LogP contribution in [0.15, 0.2) is 54.6 Å². The van der Waals surface area contributed by atoms with Crippen molar-refractivity contribution in [2.75, 3.05) is 5.32 Å². The first-order chi connectivity index (χ1) is 11.8. The first-order valence-electron chi connectivity index (χ1n) is 7.01. The number of thiocarbonyl (C=S) groups is 1. The van der Waals surface area contributed by atoms with Crippen molar-refractivity contribution in [2.45, 2.75) is 9.96 Å². The molecule has 0 aromatic heterocycles. The number of nitrogens with one attached hydrogen (secondary N) is 3. The number of hydrogen-bond acceptors (Lipinski definition) is 2. The van der Waals surface area contributed by atoms with Crippen molar-refractivity contribution < 1.29 is 4.79 Å². The lowest BCUT2D eigenvalue weighted by molar-refractivity contribution is 0.0934. The third-order valence-electron chi connectivity index (χ3n) is 3.00. The highest BCUT2D eigenvalue weighted by atomic mass is 35.6. The van der Waals surface area contributed by atoms with Crippen LogP contribution in [-0.4, -0.2) is 21.0 Å². The van der Waals surface area contributed by atoms with Gasteiger partial charge in [-0.2, -0.15) is 0 Å². The van der Waals surface area contributed by atoms with Gasteiger partial charge in [0.15, 0.2) is 5.11 Å². The van der Waals surface area contributed by atoms with Crippen molar-refractivity contribution in [1.82, 2.24) is 10.6 Å². The number of hydrogen-bond donors (Lipinski definition) is 3. The van der Waals surface area contributed by atoms with Crippen LogP contribution in [0.5, 0.6) is 0 Å². The molecule has 0 radical (unpaired) electrons. The molecule has 2 rings (SSSR count). The number of carbonyl (C=O) groups is 1. The van der Waals surface area contributed by atoms with Gasteiger partial charge in [-0.25, -0.2) is 0 Å². The molecule has 0 aliphatic carbocycles. The van der Waals surface area contributed by atoms with Gasteiger partial charge in [-0.3, -0.25) is 4.79 Å². The molecule has 2 aromatic carbocycles. The van der Waals surface area contributed by atoms with Gasteiger partial charge < -0.3 is 16.0 Å². The average Bonchev–Trinajstić information content (AvgIpc) is 2.54. The Hall–Kier alpha value is -1.24. The minimum Gasteiger partial charge on any atom is -0.339 e. The summed E-state index contributed by atoms with van der Waals surface area (Å²) in [5.74, 6) is -0.407. The topological polar surface area (TPSA) is 53.2 Å². The highest BCUT2D eigenvalue weighted by Gasteiger charge is 2.34. The summed E-state index contributed by atoms with van der Waals surface area (Å²) in [5.41, 5.74) is 1.08. The van der Waals surface area contributed by atoms with Crippen LogP contribution >= 0.6 is 58.6 Å². The number of benzene rings is 2. The monoisotopic (exact) mass is 435 g/mol. The van der Waals surface area contributed by atoms with E-state index in [1.54, 1.807) is 54.6 Å². The zero-order valence-electron chi connectivity index (χ0n) is 12.6. The van der Waals surface area contributed by atoms with Crippen LogP contribution in [0.2, 0.25) is 5.02 Å². The van der Waals surface area contributed by atoms with Gasteiger partial charge in [0.05, 0.1) is 0 Å². The average molecular weight is 437 g/mol. The molecule has 0 fully saturated rings. The van der Waals surface area contributed by atoms with Crippen LogP contribution in [0, 0.1) is 0 Å². The van der Waals surface area contributed by atoms with Crippen molar-refractivity contribution in [3.05, 3.63) is 65.2 Å². The first-order valence-corrected chi connectivity index (χ1v) is 8.93. The van der Waals surface area contributed by atoms with Gasteiger partial charge in [0.1, 0.15) is 6.17 Å². The Morgan fingerprint density at radius 1 is 1.00 bits per heavy atom. The molecule has 0 unspecified atom stereocenters. The number of amides is 1. The van der Waals surface area contributed by atoms with Crippen molar-refractivity contribution in [2.24, 2.45) is 0 Å². The lowest BCUT2D eigenvalue weighted by Gasteiger charge is -2.27. The van der Waals surface area contributed by atoms with Crippen LogP contribution < -0.4 is 16.0 Å². The van der Waals surface area contributed by atoms with E-state index in [9.17, 15) is 4.79 Å². The molecule has 0 saturated carbocycles. The maximum Gasteiger partial charge on any atom is 0.252 e. The minimum absolute atomic E-state index is 0.159. The van der Waals surface area contributed by atoms with E-state index in [-0.39, 0.29) is 5.11 Å². The summed E-state index contributed by atoms with van der Waals surface area (Å²) in [6.45, 7) is 0. The van der Waals surface area contributed by atoms with Gasteiger partial charge in [-0.1, -0.05) is 70.7 Å². The lowest BCUT2D eigenvalue weighted by atomic mass is 10.2. The maximum atomic E-state index is 12.3. The highest BCUT2D eigenvalue weighted by Crippen LogP contribution is 2.29. The number of halogens is 4. The molecule has 0 heterocycles. The number of rotatable bonds is 4. The van der Waals surface area contributed by atoms with E-state index in [1.165, 1.54) is 0 Å². The molecule has 0 aliphatic heterocycles. The number of alkyl halides is 3. The molecule has 1 amide bonds. The van der Waals surface area contributed by atoms with E-state index in [0.717, 1.165) is 0 Å². The molecule has 0 bridgehead atoms. The normalized spacial score (nSPS) is 12.2. The molecule has 3 N–H and O–H groups in total. The summed E-state index contributed by atoms with van der Waals surface area (Å²) in [4.78, 5) is 12.3. The van der Waals surface area contributed by atoms with E-state index >= 15 is 0 Å². The number of anilines is 1. The second-order valence-electron chi connectivity index (χ2n) is 4.92. The molecule has 2 aromatic rings. The highest BCUT2D eigenvalue weighted by molar-refractivity contribution is 7.80. The van der Waals surface area contributed by atoms with Crippen molar-refractivity contribution in [3.63, 3.8) is 0 Å². The van der Waals surface area contributed by atoms with Crippen LogP contribution in [-0.2, 0) is 0 Å². The fourth-order valence-corrected chi connectivity index (χ4v) is 2.62. The van der Waals surface area contributed by atoms with Crippen LogP contribution in [0.3, 0.4) is 0 Å². The molecular formula is C16H13Cl4N3OS. The molecule has 0 saturated heterocycles. The summed E-state index contributed by atoms with van der Waals surface area (Å²) in [6.07, 6.45) is -1.05. The van der Waals surface area contributed by atoms with Crippen LogP contribution in [0.25, 0.3) is 0 Å². The standard InChI is InChI=1S/C16H13Cl4N3OS/c17-11-7-4-8-12(9-11)21-15(25)23-14(16(18,19)20)22-13(24)10-5-2-1-3-6-10/h1-9,14H,(H,22,24)(H2,21,23,25)/t14-/m1/s1. The second kappa shape index (κ2) is 8.92. The fraction of sp³-hybridized carbons (Fsp3) is 0.125. The van der Waals surface area contributed by atoms with Crippen LogP contribution in [0.1, 0.15) is 10.4 Å². The zero-order chi connectivity index (χ0) is 18.4. The Labute approximate surface area is 170 Å². The minimum atomic E-state index is -1.83. The molecular weight excluding hydrogens is 424 g/mol. The van der Waals surface area contributed by atoms with Gasteiger partial charge >= 0.3 is 0 Å². The quantitative estimate of drug-likeness (QED) is 0.367. The Kier molecular flexibility index (Phi) is 7.16. The summed E-state index contributed by atoms with van der Waals surface area (Å²) in [6, 6.07) is 15.5.